The lowest BCUT2D eigenvalue weighted by Gasteiger charge is -2.21. The molecule has 3 nitrogen and oxygen atoms in total. The summed E-state index contributed by atoms with van der Waals surface area (Å²) in [6.45, 7) is 0. The molecule has 2 aliphatic rings. The Balaban J connectivity index is 1.93. The summed E-state index contributed by atoms with van der Waals surface area (Å²) in [6, 6.07) is 7.72. The Labute approximate surface area is 112 Å². The van der Waals surface area contributed by atoms with Gasteiger partial charge >= 0.3 is 0 Å². The van der Waals surface area contributed by atoms with Gasteiger partial charge in [-0.05, 0) is 30.5 Å². The Hall–Kier alpha value is -1.06. The van der Waals surface area contributed by atoms with Crippen LogP contribution < -0.4 is 5.32 Å². The Morgan fingerprint density at radius 2 is 2.11 bits per heavy atom. The van der Waals surface area contributed by atoms with Gasteiger partial charge in [0, 0.05) is 12.1 Å². The maximum Gasteiger partial charge on any atom is 0.244 e. The molecule has 18 heavy (non-hydrogen) atoms. The van der Waals surface area contributed by atoms with E-state index < -0.39 is 0 Å². The number of rotatable bonds is 1. The van der Waals surface area contributed by atoms with Crippen LogP contribution in [0.4, 0.5) is 0 Å². The van der Waals surface area contributed by atoms with Crippen molar-refractivity contribution in [3.05, 3.63) is 34.9 Å². The lowest BCUT2D eigenvalue weighted by Crippen LogP contribution is -2.43. The van der Waals surface area contributed by atoms with E-state index in [1.54, 1.807) is 0 Å². The summed E-state index contributed by atoms with van der Waals surface area (Å²) in [5.41, 5.74) is 0.740. The molecule has 2 fully saturated rings. The monoisotopic (exact) mass is 264 g/mol. The van der Waals surface area contributed by atoms with Crippen LogP contribution in [-0.2, 0) is 4.79 Å². The molecule has 0 aromatic heterocycles. The highest BCUT2D eigenvalue weighted by atomic mass is 35.5. The van der Waals surface area contributed by atoms with Gasteiger partial charge in [-0.15, -0.1) is 0 Å². The predicted octanol–water partition coefficient (Wildman–Crippen LogP) is 2.71. The Bertz CT molecular complexity index is 482. The van der Waals surface area contributed by atoms with Crippen LogP contribution in [0, 0.1) is 0 Å². The lowest BCUT2D eigenvalue weighted by atomic mass is 9.98. The summed E-state index contributed by atoms with van der Waals surface area (Å²) in [5, 5.41) is 4.24. The molecule has 1 aromatic carbocycles. The fourth-order valence-electron chi connectivity index (χ4n) is 3.20. The van der Waals surface area contributed by atoms with Crippen molar-refractivity contribution in [2.75, 3.05) is 7.05 Å². The summed E-state index contributed by atoms with van der Waals surface area (Å²) in [7, 11) is 1.87. The van der Waals surface area contributed by atoms with E-state index in [-0.39, 0.29) is 17.6 Å². The Kier molecular flexibility index (Phi) is 2.83. The zero-order chi connectivity index (χ0) is 12.8. The average Bonchev–Trinajstić information content (AvgIpc) is 2.92. The van der Waals surface area contributed by atoms with Crippen LogP contribution in [0.5, 0.6) is 0 Å². The van der Waals surface area contributed by atoms with Gasteiger partial charge in [-0.3, -0.25) is 10.1 Å². The predicted molar refractivity (Wildman–Crippen MR) is 71.3 cm³/mol. The van der Waals surface area contributed by atoms with E-state index in [2.05, 4.69) is 5.32 Å². The van der Waals surface area contributed by atoms with Crippen molar-refractivity contribution in [1.82, 2.24) is 10.2 Å². The molecule has 1 atom stereocenters. The smallest absolute Gasteiger partial charge is 0.244 e. The lowest BCUT2D eigenvalue weighted by molar-refractivity contribution is -0.132. The summed E-state index contributed by atoms with van der Waals surface area (Å²) in [5.74, 6) is 0.227. The number of likely N-dealkylation sites (N-methyl/N-ethyl adjacent to an activating group) is 1. The topological polar surface area (TPSA) is 32.3 Å². The average molecular weight is 265 g/mol. The molecule has 1 aliphatic carbocycles. The van der Waals surface area contributed by atoms with E-state index in [0.717, 1.165) is 31.2 Å². The summed E-state index contributed by atoms with van der Waals surface area (Å²) in [6.07, 6.45) is 4.12. The number of amides is 1. The second kappa shape index (κ2) is 4.25. The molecule has 1 saturated heterocycles. The molecule has 1 amide bonds. The molecule has 1 spiro atoms. The zero-order valence-electron chi connectivity index (χ0n) is 10.4. The number of benzene rings is 1. The van der Waals surface area contributed by atoms with Crippen molar-refractivity contribution in [3.63, 3.8) is 0 Å². The van der Waals surface area contributed by atoms with Crippen LogP contribution in [0.2, 0.25) is 5.02 Å². The Morgan fingerprint density at radius 1 is 1.39 bits per heavy atom. The standard InChI is InChI=1S/C14H17ClN2O/c1-17-12(10-5-4-6-11(15)9-10)16-14(13(17)18)7-2-3-8-14/h4-6,9,12,16H,2-3,7-8H2,1H3. The third-order valence-corrected chi connectivity index (χ3v) is 4.39. The van der Waals surface area contributed by atoms with Crippen molar-refractivity contribution in [2.24, 2.45) is 0 Å². The minimum atomic E-state index is -0.318. The van der Waals surface area contributed by atoms with Crippen molar-refractivity contribution in [2.45, 2.75) is 37.4 Å². The number of carbonyl (C=O) groups is 1. The SMILES string of the molecule is CN1C(=O)C2(CCCC2)NC1c1cccc(Cl)c1. The van der Waals surface area contributed by atoms with Crippen LogP contribution in [0.3, 0.4) is 0 Å². The number of hydrogen-bond acceptors (Lipinski definition) is 2. The molecule has 96 valence electrons. The summed E-state index contributed by atoms with van der Waals surface area (Å²) < 4.78 is 0. The Morgan fingerprint density at radius 3 is 2.78 bits per heavy atom. The minimum absolute atomic E-state index is 0.0469. The third-order valence-electron chi connectivity index (χ3n) is 4.15. The molecule has 3 rings (SSSR count). The molecular formula is C14H17ClN2O. The van der Waals surface area contributed by atoms with Crippen LogP contribution in [-0.4, -0.2) is 23.4 Å². The van der Waals surface area contributed by atoms with E-state index >= 15 is 0 Å². The summed E-state index contributed by atoms with van der Waals surface area (Å²) in [4.78, 5) is 14.2. The van der Waals surface area contributed by atoms with Crippen LogP contribution in [0.25, 0.3) is 0 Å². The number of halogens is 1. The first kappa shape index (κ1) is 12.0. The third kappa shape index (κ3) is 1.73. The van der Waals surface area contributed by atoms with Crippen molar-refractivity contribution in [1.29, 1.82) is 0 Å². The minimum Gasteiger partial charge on any atom is -0.324 e. The first-order valence-corrected chi connectivity index (χ1v) is 6.81. The molecule has 1 saturated carbocycles. The maximum absolute atomic E-state index is 12.4. The van der Waals surface area contributed by atoms with Gasteiger partial charge in [-0.1, -0.05) is 36.6 Å². The van der Waals surface area contributed by atoms with Gasteiger partial charge in [0.2, 0.25) is 5.91 Å². The quantitative estimate of drug-likeness (QED) is 0.846. The fourth-order valence-corrected chi connectivity index (χ4v) is 3.39. The van der Waals surface area contributed by atoms with Crippen LogP contribution in [0.15, 0.2) is 24.3 Å². The molecule has 1 unspecified atom stereocenters. The maximum atomic E-state index is 12.4. The van der Waals surface area contributed by atoms with E-state index in [4.69, 9.17) is 11.6 Å². The van der Waals surface area contributed by atoms with Crippen LogP contribution >= 0.6 is 11.6 Å². The number of nitrogens with one attached hydrogen (secondary N) is 1. The number of carbonyl (C=O) groups excluding carboxylic acids is 1. The molecule has 1 aromatic rings. The largest absolute Gasteiger partial charge is 0.324 e. The van der Waals surface area contributed by atoms with Gasteiger partial charge in [0.15, 0.2) is 0 Å². The molecule has 1 aliphatic heterocycles. The van der Waals surface area contributed by atoms with Gasteiger partial charge in [-0.2, -0.15) is 0 Å². The second-order valence-corrected chi connectivity index (χ2v) is 5.74. The number of nitrogens with zero attached hydrogens (tertiary/aromatic N) is 1. The number of hydrogen-bond donors (Lipinski definition) is 1. The molecule has 0 bridgehead atoms. The molecule has 0 radical (unpaired) electrons. The molecular weight excluding hydrogens is 248 g/mol. The van der Waals surface area contributed by atoms with E-state index in [9.17, 15) is 4.79 Å². The fraction of sp³-hybridized carbons (Fsp3) is 0.500. The van der Waals surface area contributed by atoms with Crippen molar-refractivity contribution < 1.29 is 4.79 Å². The zero-order valence-corrected chi connectivity index (χ0v) is 11.2. The highest BCUT2D eigenvalue weighted by Crippen LogP contribution is 2.40. The van der Waals surface area contributed by atoms with Gasteiger partial charge in [0.05, 0.1) is 5.54 Å². The first-order chi connectivity index (χ1) is 8.62. The van der Waals surface area contributed by atoms with Gasteiger partial charge in [-0.25, -0.2) is 0 Å². The van der Waals surface area contributed by atoms with Gasteiger partial charge in [0.1, 0.15) is 6.17 Å². The summed E-state index contributed by atoms with van der Waals surface area (Å²) >= 11 is 6.03. The highest BCUT2D eigenvalue weighted by Gasteiger charge is 2.51. The highest BCUT2D eigenvalue weighted by molar-refractivity contribution is 6.30. The van der Waals surface area contributed by atoms with Crippen molar-refractivity contribution in [3.8, 4) is 0 Å². The molecule has 1 heterocycles. The van der Waals surface area contributed by atoms with Crippen LogP contribution in [0.1, 0.15) is 37.4 Å². The van der Waals surface area contributed by atoms with E-state index in [1.807, 2.05) is 36.2 Å². The first-order valence-electron chi connectivity index (χ1n) is 6.43. The van der Waals surface area contributed by atoms with E-state index in [1.165, 1.54) is 0 Å². The van der Waals surface area contributed by atoms with E-state index in [0.29, 0.717) is 5.02 Å². The molecule has 4 heteroatoms. The normalized spacial score (nSPS) is 26.2. The van der Waals surface area contributed by atoms with Crippen molar-refractivity contribution >= 4 is 17.5 Å². The van der Waals surface area contributed by atoms with Gasteiger partial charge < -0.3 is 4.90 Å². The molecule has 1 N–H and O–H groups in total. The van der Waals surface area contributed by atoms with Gasteiger partial charge in [0.25, 0.3) is 0 Å². The second-order valence-electron chi connectivity index (χ2n) is 5.31.